The van der Waals surface area contributed by atoms with E-state index >= 15 is 0 Å². The molecule has 0 aliphatic rings. The number of thiophene rings is 1. The number of ether oxygens (including phenoxy) is 1. The fourth-order valence-electron chi connectivity index (χ4n) is 1.46. The molecule has 3 N–H and O–H groups in total. The van der Waals surface area contributed by atoms with Crippen LogP contribution in [0.1, 0.15) is 15.2 Å². The number of nitrogens with one attached hydrogen (secondary N) is 1. The van der Waals surface area contributed by atoms with E-state index in [-0.39, 0.29) is 18.3 Å². The highest BCUT2D eigenvalue weighted by atomic mass is 79.9. The number of carbonyl (C=O) groups excluding carboxylic acids is 1. The summed E-state index contributed by atoms with van der Waals surface area (Å²) in [4.78, 5) is 12.0. The van der Waals surface area contributed by atoms with Crippen molar-refractivity contribution in [2.24, 2.45) is 5.84 Å². The van der Waals surface area contributed by atoms with E-state index in [9.17, 15) is 9.18 Å². The van der Waals surface area contributed by atoms with Crippen LogP contribution in [-0.2, 0) is 6.61 Å². The molecule has 0 saturated carbocycles. The lowest BCUT2D eigenvalue weighted by atomic mass is 10.2. The van der Waals surface area contributed by atoms with Crippen molar-refractivity contribution >= 4 is 33.2 Å². The smallest absolute Gasteiger partial charge is 0.275 e. The number of nitrogen functional groups attached to an aromatic ring is 1. The number of amides is 1. The largest absolute Gasteiger partial charge is 0.488 e. The van der Waals surface area contributed by atoms with Crippen LogP contribution in [-0.4, -0.2) is 5.91 Å². The Balaban J connectivity index is 2.13. The van der Waals surface area contributed by atoms with E-state index in [1.165, 1.54) is 23.5 Å². The zero-order valence-corrected chi connectivity index (χ0v) is 12.1. The summed E-state index contributed by atoms with van der Waals surface area (Å²) in [5.41, 5.74) is 2.77. The van der Waals surface area contributed by atoms with Gasteiger partial charge in [-0.1, -0.05) is 0 Å². The Hall–Kier alpha value is -1.44. The van der Waals surface area contributed by atoms with Crippen LogP contribution in [0.3, 0.4) is 0 Å². The van der Waals surface area contributed by atoms with Crippen LogP contribution in [0.5, 0.6) is 5.75 Å². The van der Waals surface area contributed by atoms with Crippen molar-refractivity contribution in [2.75, 3.05) is 0 Å². The topological polar surface area (TPSA) is 64.3 Å². The van der Waals surface area contributed by atoms with Crippen LogP contribution in [0, 0.1) is 5.82 Å². The lowest BCUT2D eigenvalue weighted by Gasteiger charge is -2.08. The van der Waals surface area contributed by atoms with Gasteiger partial charge in [0, 0.05) is 11.6 Å². The van der Waals surface area contributed by atoms with Gasteiger partial charge in [-0.3, -0.25) is 10.2 Å². The third-order valence-electron chi connectivity index (χ3n) is 2.36. The quantitative estimate of drug-likeness (QED) is 0.509. The van der Waals surface area contributed by atoms with Crippen molar-refractivity contribution in [1.82, 2.24) is 5.43 Å². The first-order valence-electron chi connectivity index (χ1n) is 5.27. The Labute approximate surface area is 121 Å². The number of benzene rings is 1. The van der Waals surface area contributed by atoms with E-state index in [1.54, 1.807) is 17.5 Å². The molecule has 0 unspecified atom stereocenters. The van der Waals surface area contributed by atoms with E-state index in [0.29, 0.717) is 20.7 Å². The highest BCUT2D eigenvalue weighted by Crippen LogP contribution is 2.27. The van der Waals surface area contributed by atoms with Gasteiger partial charge < -0.3 is 4.74 Å². The number of nitrogens with two attached hydrogens (primary N) is 1. The molecule has 0 atom stereocenters. The summed E-state index contributed by atoms with van der Waals surface area (Å²) in [6.45, 7) is 0.161. The molecule has 0 bridgehead atoms. The Kier molecular flexibility index (Phi) is 4.52. The van der Waals surface area contributed by atoms with E-state index in [0.717, 1.165) is 0 Å². The molecule has 1 amide bonds. The predicted octanol–water partition coefficient (Wildman–Crippen LogP) is 2.83. The van der Waals surface area contributed by atoms with Crippen molar-refractivity contribution < 1.29 is 13.9 Å². The maximum atomic E-state index is 13.1. The third-order valence-corrected chi connectivity index (χ3v) is 3.97. The SMILES string of the molecule is NNC(=O)c1sccc1COc1cc(F)ccc1Br. The first-order valence-corrected chi connectivity index (χ1v) is 6.94. The van der Waals surface area contributed by atoms with Gasteiger partial charge in [0.25, 0.3) is 5.91 Å². The number of carbonyl (C=O) groups is 1. The summed E-state index contributed by atoms with van der Waals surface area (Å²) in [5.74, 6) is 4.72. The van der Waals surface area contributed by atoms with Crippen LogP contribution in [0.15, 0.2) is 34.1 Å². The van der Waals surface area contributed by atoms with Gasteiger partial charge in [-0.05, 0) is 39.5 Å². The second-order valence-electron chi connectivity index (χ2n) is 3.61. The molecule has 0 aliphatic heterocycles. The first kappa shape index (κ1) is 14.0. The fourth-order valence-corrected chi connectivity index (χ4v) is 2.63. The summed E-state index contributed by atoms with van der Waals surface area (Å²) in [6, 6.07) is 5.93. The minimum Gasteiger partial charge on any atom is -0.488 e. The van der Waals surface area contributed by atoms with Crippen LogP contribution in [0.4, 0.5) is 4.39 Å². The second-order valence-corrected chi connectivity index (χ2v) is 5.38. The normalized spacial score (nSPS) is 10.3. The number of halogens is 2. The molecule has 0 fully saturated rings. The molecule has 4 nitrogen and oxygen atoms in total. The van der Waals surface area contributed by atoms with Crippen molar-refractivity contribution in [3.63, 3.8) is 0 Å². The second kappa shape index (κ2) is 6.14. The molecule has 100 valence electrons. The summed E-state index contributed by atoms with van der Waals surface area (Å²) in [5, 5.41) is 1.77. The molecule has 0 spiro atoms. The number of rotatable bonds is 4. The van der Waals surface area contributed by atoms with Gasteiger partial charge in [-0.25, -0.2) is 10.2 Å². The summed E-state index contributed by atoms with van der Waals surface area (Å²) < 4.78 is 19.2. The van der Waals surface area contributed by atoms with E-state index < -0.39 is 0 Å². The highest BCUT2D eigenvalue weighted by Gasteiger charge is 2.13. The Morgan fingerprint density at radius 1 is 1.47 bits per heavy atom. The fraction of sp³-hybridized carbons (Fsp3) is 0.0833. The number of hydrogen-bond acceptors (Lipinski definition) is 4. The number of hydrogen-bond donors (Lipinski definition) is 2. The molecule has 2 rings (SSSR count). The van der Waals surface area contributed by atoms with Gasteiger partial charge >= 0.3 is 0 Å². The third kappa shape index (κ3) is 3.31. The van der Waals surface area contributed by atoms with Crippen molar-refractivity contribution in [2.45, 2.75) is 6.61 Å². The maximum Gasteiger partial charge on any atom is 0.275 e. The molecule has 19 heavy (non-hydrogen) atoms. The molecular weight excluding hydrogens is 335 g/mol. The molecular formula is C12H10BrFN2O2S. The molecule has 0 radical (unpaired) electrons. The molecule has 2 aromatic rings. The molecule has 0 aliphatic carbocycles. The van der Waals surface area contributed by atoms with Crippen LogP contribution in [0.2, 0.25) is 0 Å². The molecule has 7 heteroatoms. The van der Waals surface area contributed by atoms with Gasteiger partial charge in [-0.15, -0.1) is 11.3 Å². The molecule has 0 saturated heterocycles. The Morgan fingerprint density at radius 2 is 2.26 bits per heavy atom. The summed E-state index contributed by atoms with van der Waals surface area (Å²) >= 11 is 4.53. The van der Waals surface area contributed by atoms with Gasteiger partial charge in [0.2, 0.25) is 0 Å². The van der Waals surface area contributed by atoms with E-state index in [4.69, 9.17) is 10.6 Å². The zero-order chi connectivity index (χ0) is 13.8. The van der Waals surface area contributed by atoms with Crippen molar-refractivity contribution in [1.29, 1.82) is 0 Å². The average Bonchev–Trinajstić information content (AvgIpc) is 2.87. The predicted molar refractivity (Wildman–Crippen MR) is 74.4 cm³/mol. The van der Waals surface area contributed by atoms with Gasteiger partial charge in [0.15, 0.2) is 0 Å². The number of hydrazine groups is 1. The zero-order valence-electron chi connectivity index (χ0n) is 9.65. The highest BCUT2D eigenvalue weighted by molar-refractivity contribution is 9.10. The average molecular weight is 345 g/mol. The minimum absolute atomic E-state index is 0.161. The van der Waals surface area contributed by atoms with E-state index in [2.05, 4.69) is 21.4 Å². The van der Waals surface area contributed by atoms with Crippen LogP contribution >= 0.6 is 27.3 Å². The van der Waals surface area contributed by atoms with Crippen molar-refractivity contribution in [3.05, 3.63) is 50.4 Å². The minimum atomic E-state index is -0.386. The van der Waals surface area contributed by atoms with Gasteiger partial charge in [0.1, 0.15) is 18.2 Å². The standard InChI is InChI=1S/C12H10BrFN2O2S/c13-9-2-1-8(14)5-10(9)18-6-7-3-4-19-11(7)12(17)16-15/h1-5H,6,15H2,(H,16,17). The Bertz CT molecular complexity index is 603. The Morgan fingerprint density at radius 3 is 3.00 bits per heavy atom. The molecule has 1 heterocycles. The van der Waals surface area contributed by atoms with E-state index in [1.807, 2.05) is 0 Å². The monoisotopic (exact) mass is 344 g/mol. The van der Waals surface area contributed by atoms with Gasteiger partial charge in [-0.2, -0.15) is 0 Å². The summed E-state index contributed by atoms with van der Waals surface area (Å²) in [6.07, 6.45) is 0. The lowest BCUT2D eigenvalue weighted by Crippen LogP contribution is -2.30. The molecule has 1 aromatic carbocycles. The maximum absolute atomic E-state index is 13.1. The molecule has 1 aromatic heterocycles. The van der Waals surface area contributed by atoms with Crippen LogP contribution in [0.25, 0.3) is 0 Å². The lowest BCUT2D eigenvalue weighted by molar-refractivity contribution is 0.0955. The van der Waals surface area contributed by atoms with Gasteiger partial charge in [0.05, 0.1) is 9.35 Å². The van der Waals surface area contributed by atoms with Crippen molar-refractivity contribution in [3.8, 4) is 5.75 Å². The first-order chi connectivity index (χ1) is 9.11. The summed E-state index contributed by atoms with van der Waals surface area (Å²) in [7, 11) is 0. The van der Waals surface area contributed by atoms with Crippen LogP contribution < -0.4 is 16.0 Å².